The average Bonchev–Trinajstić information content (AvgIpc) is 2.39. The molecule has 0 amide bonds. The van der Waals surface area contributed by atoms with Crippen LogP contribution in [0, 0.1) is 11.8 Å². The maximum atomic E-state index is 4.24. The van der Waals surface area contributed by atoms with E-state index in [4.69, 9.17) is 0 Å². The van der Waals surface area contributed by atoms with Crippen molar-refractivity contribution in [1.82, 2.24) is 4.90 Å². The van der Waals surface area contributed by atoms with Crippen LogP contribution < -0.4 is 0 Å². The molecule has 1 aliphatic heterocycles. The number of hydrogen-bond acceptors (Lipinski definition) is 1. The maximum absolute atomic E-state index is 4.24. The molecule has 1 aliphatic rings. The predicted octanol–water partition coefficient (Wildman–Crippen LogP) is 4.03. The fraction of sp³-hybridized carbons (Fsp3) is 0.500. The van der Waals surface area contributed by atoms with E-state index in [1.54, 1.807) is 0 Å². The molecular formula is C16H23N. The standard InChI is InChI=1S/C16H23N/c1-13(2)15-9-11-17(12-10-15)14(3)16-7-5-4-6-8-16/h4-8,13,15H,3,9-12H2,1-2H3. The van der Waals surface area contributed by atoms with Gasteiger partial charge in [-0.2, -0.15) is 0 Å². The summed E-state index contributed by atoms with van der Waals surface area (Å²) in [4.78, 5) is 2.44. The van der Waals surface area contributed by atoms with Gasteiger partial charge in [0.25, 0.3) is 0 Å². The van der Waals surface area contributed by atoms with Gasteiger partial charge in [0, 0.05) is 18.8 Å². The Kier molecular flexibility index (Phi) is 3.88. The monoisotopic (exact) mass is 229 g/mol. The van der Waals surface area contributed by atoms with Crippen LogP contribution in [0.25, 0.3) is 5.70 Å². The molecule has 17 heavy (non-hydrogen) atoms. The first-order valence-electron chi connectivity index (χ1n) is 6.67. The van der Waals surface area contributed by atoms with Gasteiger partial charge in [0.05, 0.1) is 0 Å². The van der Waals surface area contributed by atoms with Crippen molar-refractivity contribution >= 4 is 5.70 Å². The molecular weight excluding hydrogens is 206 g/mol. The summed E-state index contributed by atoms with van der Waals surface area (Å²) in [5.74, 6) is 1.72. The van der Waals surface area contributed by atoms with Crippen molar-refractivity contribution in [2.75, 3.05) is 13.1 Å². The van der Waals surface area contributed by atoms with E-state index in [0.717, 1.165) is 24.9 Å². The number of likely N-dealkylation sites (tertiary alicyclic amines) is 1. The van der Waals surface area contributed by atoms with Crippen LogP contribution in [0.3, 0.4) is 0 Å². The quantitative estimate of drug-likeness (QED) is 0.756. The van der Waals surface area contributed by atoms with Crippen molar-refractivity contribution in [1.29, 1.82) is 0 Å². The highest BCUT2D eigenvalue weighted by Gasteiger charge is 2.22. The topological polar surface area (TPSA) is 3.24 Å². The molecule has 1 aromatic rings. The second-order valence-corrected chi connectivity index (χ2v) is 5.38. The Morgan fingerprint density at radius 3 is 2.29 bits per heavy atom. The molecule has 0 aromatic heterocycles. The molecule has 1 aromatic carbocycles. The molecule has 1 fully saturated rings. The van der Waals surface area contributed by atoms with Crippen LogP contribution in [0.5, 0.6) is 0 Å². The van der Waals surface area contributed by atoms with E-state index in [0.29, 0.717) is 0 Å². The summed E-state index contributed by atoms with van der Waals surface area (Å²) in [6.45, 7) is 11.3. The highest BCUT2D eigenvalue weighted by atomic mass is 15.1. The van der Waals surface area contributed by atoms with Crippen molar-refractivity contribution in [2.45, 2.75) is 26.7 Å². The lowest BCUT2D eigenvalue weighted by Gasteiger charge is -2.36. The molecule has 0 atom stereocenters. The SMILES string of the molecule is C=C(c1ccccc1)N1CCC(C(C)C)CC1. The molecule has 0 saturated carbocycles. The van der Waals surface area contributed by atoms with Crippen LogP contribution in [-0.4, -0.2) is 18.0 Å². The smallest absolute Gasteiger partial charge is 0.0366 e. The Morgan fingerprint density at radius 2 is 1.76 bits per heavy atom. The number of piperidine rings is 1. The molecule has 1 nitrogen and oxygen atoms in total. The minimum Gasteiger partial charge on any atom is -0.372 e. The molecule has 0 spiro atoms. The lowest BCUT2D eigenvalue weighted by Crippen LogP contribution is -2.33. The van der Waals surface area contributed by atoms with Crippen LogP contribution in [0.4, 0.5) is 0 Å². The number of nitrogens with zero attached hydrogens (tertiary/aromatic N) is 1. The van der Waals surface area contributed by atoms with Gasteiger partial charge in [-0.15, -0.1) is 0 Å². The summed E-state index contributed by atoms with van der Waals surface area (Å²) >= 11 is 0. The number of rotatable bonds is 3. The van der Waals surface area contributed by atoms with Crippen LogP contribution in [0.1, 0.15) is 32.3 Å². The Bertz CT molecular complexity index is 358. The number of benzene rings is 1. The third-order valence-corrected chi connectivity index (χ3v) is 3.97. The molecule has 1 heteroatoms. The fourth-order valence-electron chi connectivity index (χ4n) is 2.65. The van der Waals surface area contributed by atoms with Gasteiger partial charge >= 0.3 is 0 Å². The van der Waals surface area contributed by atoms with Crippen LogP contribution >= 0.6 is 0 Å². The first-order valence-corrected chi connectivity index (χ1v) is 6.67. The minimum atomic E-state index is 0.821. The average molecular weight is 229 g/mol. The predicted molar refractivity (Wildman–Crippen MR) is 74.6 cm³/mol. The van der Waals surface area contributed by atoms with E-state index in [1.165, 1.54) is 24.1 Å². The lowest BCUT2D eigenvalue weighted by atomic mass is 9.86. The first-order chi connectivity index (χ1) is 8.18. The molecule has 0 unspecified atom stereocenters. The van der Waals surface area contributed by atoms with Crippen molar-refractivity contribution in [2.24, 2.45) is 11.8 Å². The summed E-state index contributed by atoms with van der Waals surface area (Å²) < 4.78 is 0. The van der Waals surface area contributed by atoms with Crippen molar-refractivity contribution in [3.8, 4) is 0 Å². The second-order valence-electron chi connectivity index (χ2n) is 5.38. The Hall–Kier alpha value is -1.24. The van der Waals surface area contributed by atoms with Gasteiger partial charge in [0.1, 0.15) is 0 Å². The highest BCUT2D eigenvalue weighted by molar-refractivity contribution is 5.61. The minimum absolute atomic E-state index is 0.821. The first kappa shape index (κ1) is 12.2. The molecule has 0 aliphatic carbocycles. The maximum Gasteiger partial charge on any atom is 0.0366 e. The van der Waals surface area contributed by atoms with Gasteiger partial charge in [0.15, 0.2) is 0 Å². The van der Waals surface area contributed by atoms with Gasteiger partial charge in [-0.3, -0.25) is 0 Å². The molecule has 0 radical (unpaired) electrons. The molecule has 0 N–H and O–H groups in total. The normalized spacial score (nSPS) is 17.5. The van der Waals surface area contributed by atoms with Gasteiger partial charge in [-0.1, -0.05) is 50.8 Å². The summed E-state index contributed by atoms with van der Waals surface area (Å²) in [5.41, 5.74) is 2.45. The number of hydrogen-bond donors (Lipinski definition) is 0. The molecule has 1 heterocycles. The van der Waals surface area contributed by atoms with E-state index in [2.05, 4.69) is 55.7 Å². The van der Waals surface area contributed by atoms with Gasteiger partial charge in [-0.25, -0.2) is 0 Å². The van der Waals surface area contributed by atoms with E-state index in [9.17, 15) is 0 Å². The lowest BCUT2D eigenvalue weighted by molar-refractivity contribution is 0.212. The summed E-state index contributed by atoms with van der Waals surface area (Å²) in [5, 5.41) is 0. The van der Waals surface area contributed by atoms with Crippen LogP contribution in [-0.2, 0) is 0 Å². The van der Waals surface area contributed by atoms with Crippen LogP contribution in [0.2, 0.25) is 0 Å². The molecule has 1 saturated heterocycles. The fourth-order valence-corrected chi connectivity index (χ4v) is 2.65. The van der Waals surface area contributed by atoms with E-state index < -0.39 is 0 Å². The third-order valence-electron chi connectivity index (χ3n) is 3.97. The van der Waals surface area contributed by atoms with Crippen molar-refractivity contribution in [3.63, 3.8) is 0 Å². The van der Waals surface area contributed by atoms with E-state index >= 15 is 0 Å². The third kappa shape index (κ3) is 2.91. The van der Waals surface area contributed by atoms with E-state index in [1.807, 2.05) is 0 Å². The van der Waals surface area contributed by atoms with Crippen LogP contribution in [0.15, 0.2) is 36.9 Å². The van der Waals surface area contributed by atoms with E-state index in [-0.39, 0.29) is 0 Å². The summed E-state index contributed by atoms with van der Waals surface area (Å²) in [6.07, 6.45) is 2.62. The van der Waals surface area contributed by atoms with Gasteiger partial charge in [0.2, 0.25) is 0 Å². The zero-order valence-electron chi connectivity index (χ0n) is 11.0. The van der Waals surface area contributed by atoms with Gasteiger partial charge < -0.3 is 4.90 Å². The zero-order chi connectivity index (χ0) is 12.3. The summed E-state index contributed by atoms with van der Waals surface area (Å²) in [6, 6.07) is 10.5. The molecule has 0 bridgehead atoms. The zero-order valence-corrected chi connectivity index (χ0v) is 11.0. The largest absolute Gasteiger partial charge is 0.372 e. The Labute approximate surface area is 105 Å². The molecule has 92 valence electrons. The highest BCUT2D eigenvalue weighted by Crippen LogP contribution is 2.28. The second kappa shape index (κ2) is 5.39. The summed E-state index contributed by atoms with van der Waals surface area (Å²) in [7, 11) is 0. The van der Waals surface area contributed by atoms with Crippen molar-refractivity contribution in [3.05, 3.63) is 42.5 Å². The Morgan fingerprint density at radius 1 is 1.18 bits per heavy atom. The van der Waals surface area contributed by atoms with Gasteiger partial charge in [-0.05, 0) is 30.2 Å². The Balaban J connectivity index is 1.95. The molecule has 2 rings (SSSR count). The van der Waals surface area contributed by atoms with Crippen molar-refractivity contribution < 1.29 is 0 Å².